The Hall–Kier alpha value is -0.830. The lowest BCUT2D eigenvalue weighted by molar-refractivity contribution is -0.119. The summed E-state index contributed by atoms with van der Waals surface area (Å²) < 4.78 is 0. The third-order valence-corrected chi connectivity index (χ3v) is 0.547. The molecule has 0 spiro atoms. The average Bonchev–Trinajstić information content (AvgIpc) is 1.81. The van der Waals surface area contributed by atoms with E-state index >= 15 is 0 Å². The van der Waals surface area contributed by atoms with Crippen LogP contribution in [-0.2, 0) is 9.63 Å². The molecule has 3 heteroatoms. The Balaban J connectivity index is 2.82. The number of hydrogen-bond donors (Lipinski definition) is 1. The van der Waals surface area contributed by atoms with Gasteiger partial charge in [0.1, 0.15) is 0 Å². The Morgan fingerprint density at radius 1 is 1.75 bits per heavy atom. The Morgan fingerprint density at radius 3 is 3.00 bits per heavy atom. The molecule has 0 bridgehead atoms. The maximum absolute atomic E-state index is 9.51. The van der Waals surface area contributed by atoms with Gasteiger partial charge >= 0.3 is 0 Å². The molecule has 0 radical (unpaired) electrons. The van der Waals surface area contributed by atoms with Gasteiger partial charge in [0.05, 0.1) is 6.61 Å². The lowest BCUT2D eigenvalue weighted by Crippen LogP contribution is -2.10. The number of hydrogen-bond acceptors (Lipinski definition) is 2. The van der Waals surface area contributed by atoms with Crippen LogP contribution in [0.5, 0.6) is 0 Å². The molecule has 0 aliphatic carbocycles. The molecule has 0 aliphatic heterocycles. The summed E-state index contributed by atoms with van der Waals surface area (Å²) in [6.07, 6.45) is 4.12. The van der Waals surface area contributed by atoms with E-state index in [4.69, 9.17) is 0 Å². The van der Waals surface area contributed by atoms with Gasteiger partial charge < -0.3 is 0 Å². The second kappa shape index (κ2) is 6.17. The van der Waals surface area contributed by atoms with Gasteiger partial charge in [0, 0.05) is 0 Å². The molecule has 0 aliphatic rings. The summed E-state index contributed by atoms with van der Waals surface area (Å²) in [5.74, 6) is 0. The van der Waals surface area contributed by atoms with Gasteiger partial charge in [0.2, 0.25) is 6.41 Å². The molecule has 0 fully saturated rings. The van der Waals surface area contributed by atoms with Crippen LogP contribution in [0.3, 0.4) is 0 Å². The first kappa shape index (κ1) is 7.17. The lowest BCUT2D eigenvalue weighted by Gasteiger charge is -1.91. The zero-order valence-corrected chi connectivity index (χ0v) is 4.76. The normalized spacial score (nSPS) is 9.62. The largest absolute Gasteiger partial charge is 0.277 e. The van der Waals surface area contributed by atoms with Crippen LogP contribution < -0.4 is 5.48 Å². The van der Waals surface area contributed by atoms with Crippen molar-refractivity contribution < 1.29 is 9.63 Å². The van der Waals surface area contributed by atoms with Gasteiger partial charge in [-0.1, -0.05) is 12.2 Å². The molecule has 0 rings (SSSR count). The van der Waals surface area contributed by atoms with Crippen LogP contribution in [-0.4, -0.2) is 13.0 Å². The van der Waals surface area contributed by atoms with E-state index in [2.05, 4.69) is 10.3 Å². The summed E-state index contributed by atoms with van der Waals surface area (Å²) in [5, 5.41) is 0. The van der Waals surface area contributed by atoms with Crippen molar-refractivity contribution >= 4 is 6.41 Å². The van der Waals surface area contributed by atoms with E-state index in [0.717, 1.165) is 0 Å². The molecule has 46 valence electrons. The zero-order chi connectivity index (χ0) is 6.24. The van der Waals surface area contributed by atoms with E-state index in [1.165, 1.54) is 0 Å². The molecule has 0 unspecified atom stereocenters. The molecule has 0 aromatic heterocycles. The van der Waals surface area contributed by atoms with Gasteiger partial charge in [-0.3, -0.25) is 9.63 Å². The van der Waals surface area contributed by atoms with Crippen LogP contribution in [0.25, 0.3) is 0 Å². The van der Waals surface area contributed by atoms with E-state index in [-0.39, 0.29) is 0 Å². The fourth-order valence-electron chi connectivity index (χ4n) is 0.226. The minimum absolute atomic E-state index is 0.426. The van der Waals surface area contributed by atoms with Crippen molar-refractivity contribution in [3.63, 3.8) is 0 Å². The van der Waals surface area contributed by atoms with Crippen LogP contribution in [0.1, 0.15) is 6.92 Å². The highest BCUT2D eigenvalue weighted by atomic mass is 16.6. The molecular formula is C5H9NO2. The summed E-state index contributed by atoms with van der Waals surface area (Å²) in [4.78, 5) is 14.0. The minimum Gasteiger partial charge on any atom is -0.277 e. The molecule has 0 aromatic carbocycles. The molecular weight excluding hydrogens is 106 g/mol. The van der Waals surface area contributed by atoms with Crippen LogP contribution in [0.4, 0.5) is 0 Å². The van der Waals surface area contributed by atoms with Gasteiger partial charge in [-0.05, 0) is 6.92 Å². The van der Waals surface area contributed by atoms with Gasteiger partial charge in [-0.2, -0.15) is 0 Å². The molecule has 8 heavy (non-hydrogen) atoms. The second-order valence-corrected chi connectivity index (χ2v) is 1.12. The fourth-order valence-corrected chi connectivity index (χ4v) is 0.226. The highest BCUT2D eigenvalue weighted by Gasteiger charge is 1.72. The van der Waals surface area contributed by atoms with Crippen molar-refractivity contribution in [3.8, 4) is 0 Å². The minimum atomic E-state index is 0.426. The molecule has 0 atom stereocenters. The summed E-state index contributed by atoms with van der Waals surface area (Å²) in [6.45, 7) is 2.31. The van der Waals surface area contributed by atoms with Crippen LogP contribution >= 0.6 is 0 Å². The number of amides is 1. The smallest absolute Gasteiger partial charge is 0.230 e. The molecule has 1 amide bonds. The van der Waals surface area contributed by atoms with Crippen molar-refractivity contribution in [2.45, 2.75) is 6.92 Å². The van der Waals surface area contributed by atoms with E-state index in [1.54, 1.807) is 6.08 Å². The Labute approximate surface area is 48.3 Å². The van der Waals surface area contributed by atoms with Crippen molar-refractivity contribution in [1.82, 2.24) is 5.48 Å². The van der Waals surface area contributed by atoms with Gasteiger partial charge in [0.25, 0.3) is 0 Å². The SMILES string of the molecule is C/C=C/CONC=O. The first-order chi connectivity index (χ1) is 3.91. The summed E-state index contributed by atoms with van der Waals surface area (Å²) in [7, 11) is 0. The molecule has 1 N–H and O–H groups in total. The number of carbonyl (C=O) groups is 1. The molecule has 0 saturated carbocycles. The highest BCUT2D eigenvalue weighted by Crippen LogP contribution is 1.68. The Kier molecular flexibility index (Phi) is 5.53. The lowest BCUT2D eigenvalue weighted by atomic mass is 10.6. The first-order valence-corrected chi connectivity index (χ1v) is 2.34. The topological polar surface area (TPSA) is 38.3 Å². The quantitative estimate of drug-likeness (QED) is 0.247. The van der Waals surface area contributed by atoms with Crippen molar-refractivity contribution in [2.75, 3.05) is 6.61 Å². The van der Waals surface area contributed by atoms with Crippen molar-refractivity contribution in [2.24, 2.45) is 0 Å². The van der Waals surface area contributed by atoms with Crippen LogP contribution in [0, 0.1) is 0 Å². The van der Waals surface area contributed by atoms with E-state index < -0.39 is 0 Å². The summed E-state index contributed by atoms with van der Waals surface area (Å²) in [5.41, 5.74) is 2.05. The third-order valence-electron chi connectivity index (χ3n) is 0.547. The predicted octanol–water partition coefficient (Wildman–Crippen LogP) is 0.240. The Morgan fingerprint density at radius 2 is 2.50 bits per heavy atom. The number of nitrogens with one attached hydrogen (secondary N) is 1. The number of rotatable bonds is 4. The molecule has 0 saturated heterocycles. The standard InChI is InChI=1S/C5H9NO2/c1-2-3-4-8-6-5-7/h2-3,5H,4H2,1H3,(H,6,7)/b3-2+. The summed E-state index contributed by atoms with van der Waals surface area (Å²) in [6, 6.07) is 0. The maximum Gasteiger partial charge on any atom is 0.230 e. The van der Waals surface area contributed by atoms with Gasteiger partial charge in [-0.25, -0.2) is 5.48 Å². The number of hydroxylamine groups is 1. The van der Waals surface area contributed by atoms with Crippen LogP contribution in [0.2, 0.25) is 0 Å². The number of carbonyl (C=O) groups excluding carboxylic acids is 1. The zero-order valence-electron chi connectivity index (χ0n) is 4.76. The average molecular weight is 115 g/mol. The predicted molar refractivity (Wildman–Crippen MR) is 30.0 cm³/mol. The summed E-state index contributed by atoms with van der Waals surface area (Å²) >= 11 is 0. The van der Waals surface area contributed by atoms with E-state index in [9.17, 15) is 4.79 Å². The third kappa shape index (κ3) is 5.17. The van der Waals surface area contributed by atoms with Gasteiger partial charge in [0.15, 0.2) is 0 Å². The molecule has 0 heterocycles. The second-order valence-electron chi connectivity index (χ2n) is 1.12. The van der Waals surface area contributed by atoms with Crippen molar-refractivity contribution in [3.05, 3.63) is 12.2 Å². The van der Waals surface area contributed by atoms with E-state index in [1.807, 2.05) is 13.0 Å². The van der Waals surface area contributed by atoms with Crippen LogP contribution in [0.15, 0.2) is 12.2 Å². The van der Waals surface area contributed by atoms with Gasteiger partial charge in [-0.15, -0.1) is 0 Å². The number of allylic oxidation sites excluding steroid dienone is 1. The highest BCUT2D eigenvalue weighted by molar-refractivity contribution is 5.43. The first-order valence-electron chi connectivity index (χ1n) is 2.34. The monoisotopic (exact) mass is 115 g/mol. The van der Waals surface area contributed by atoms with Crippen molar-refractivity contribution in [1.29, 1.82) is 0 Å². The molecule has 3 nitrogen and oxygen atoms in total. The van der Waals surface area contributed by atoms with E-state index in [0.29, 0.717) is 13.0 Å². The molecule has 0 aromatic rings. The Bertz CT molecular complexity index is 80.5. The maximum atomic E-state index is 9.51. The fraction of sp³-hybridized carbons (Fsp3) is 0.400.